The lowest BCUT2D eigenvalue weighted by Crippen LogP contribution is -2.23. The molecular weight excluding hydrogens is 276 g/mol. The van der Waals surface area contributed by atoms with Crippen molar-refractivity contribution in [2.24, 2.45) is 5.92 Å². The van der Waals surface area contributed by atoms with Crippen LogP contribution in [0.2, 0.25) is 0 Å². The van der Waals surface area contributed by atoms with E-state index in [1.807, 2.05) is 0 Å². The van der Waals surface area contributed by atoms with E-state index in [0.717, 1.165) is 0 Å². The highest BCUT2D eigenvalue weighted by molar-refractivity contribution is 7.89. The molecule has 0 aliphatic heterocycles. The molecule has 1 aliphatic carbocycles. The Kier molecular flexibility index (Phi) is 4.88. The van der Waals surface area contributed by atoms with E-state index in [2.05, 4.69) is 4.72 Å². The Hall–Kier alpha value is -1.27. The standard InChI is InChI=1S/C14H22N2O3S/c1-2-16-20(17,18)12-7-8-13(15)14(9-12)19-10-11-5-3-4-6-11/h7-9,11,16H,2-6,10,15H2,1H3. The molecule has 0 unspecified atom stereocenters. The van der Waals surface area contributed by atoms with Crippen molar-refractivity contribution >= 4 is 15.7 Å². The zero-order valence-electron chi connectivity index (χ0n) is 11.8. The second-order valence-corrected chi connectivity index (χ2v) is 6.93. The van der Waals surface area contributed by atoms with Crippen LogP contribution in [0, 0.1) is 5.92 Å². The molecule has 0 saturated heterocycles. The summed E-state index contributed by atoms with van der Waals surface area (Å²) in [4.78, 5) is 0.190. The van der Waals surface area contributed by atoms with Crippen LogP contribution in [-0.4, -0.2) is 21.6 Å². The fraction of sp³-hybridized carbons (Fsp3) is 0.571. The normalized spacial score (nSPS) is 16.4. The zero-order chi connectivity index (χ0) is 14.6. The van der Waals surface area contributed by atoms with Gasteiger partial charge in [-0.3, -0.25) is 0 Å². The Bertz CT molecular complexity index is 552. The fourth-order valence-corrected chi connectivity index (χ4v) is 3.52. The monoisotopic (exact) mass is 298 g/mol. The number of hydrogen-bond donors (Lipinski definition) is 2. The van der Waals surface area contributed by atoms with Gasteiger partial charge in [0.2, 0.25) is 10.0 Å². The summed E-state index contributed by atoms with van der Waals surface area (Å²) in [6.45, 7) is 2.70. The SMILES string of the molecule is CCNS(=O)(=O)c1ccc(N)c(OCC2CCCC2)c1. The fourth-order valence-electron chi connectivity index (χ4n) is 2.46. The van der Waals surface area contributed by atoms with Crippen LogP contribution in [0.5, 0.6) is 5.75 Å². The topological polar surface area (TPSA) is 81.4 Å². The molecule has 1 fully saturated rings. The summed E-state index contributed by atoms with van der Waals surface area (Å²) in [6, 6.07) is 4.58. The Labute approximate surface area is 120 Å². The summed E-state index contributed by atoms with van der Waals surface area (Å²) < 4.78 is 32.1. The maximum atomic E-state index is 11.9. The number of benzene rings is 1. The van der Waals surface area contributed by atoms with E-state index in [-0.39, 0.29) is 4.90 Å². The minimum atomic E-state index is -3.47. The molecule has 0 atom stereocenters. The molecule has 20 heavy (non-hydrogen) atoms. The number of nitrogen functional groups attached to an aromatic ring is 1. The predicted molar refractivity (Wildman–Crippen MR) is 79.2 cm³/mol. The van der Waals surface area contributed by atoms with Crippen molar-refractivity contribution in [1.29, 1.82) is 0 Å². The molecule has 0 aromatic heterocycles. The molecule has 1 aliphatic rings. The number of nitrogens with one attached hydrogen (secondary N) is 1. The number of nitrogens with two attached hydrogens (primary N) is 1. The van der Waals surface area contributed by atoms with Gasteiger partial charge in [0, 0.05) is 12.6 Å². The summed E-state index contributed by atoms with van der Waals surface area (Å²) in [7, 11) is -3.47. The molecule has 0 heterocycles. The summed E-state index contributed by atoms with van der Waals surface area (Å²) in [6.07, 6.45) is 4.85. The largest absolute Gasteiger partial charge is 0.491 e. The van der Waals surface area contributed by atoms with Crippen LogP contribution in [0.1, 0.15) is 32.6 Å². The third-order valence-electron chi connectivity index (χ3n) is 3.58. The van der Waals surface area contributed by atoms with Crippen molar-refractivity contribution in [3.05, 3.63) is 18.2 Å². The van der Waals surface area contributed by atoms with Crippen molar-refractivity contribution in [1.82, 2.24) is 4.72 Å². The van der Waals surface area contributed by atoms with Crippen LogP contribution in [0.4, 0.5) is 5.69 Å². The number of rotatable bonds is 6. The average Bonchev–Trinajstić information content (AvgIpc) is 2.90. The molecule has 2 rings (SSSR count). The van der Waals surface area contributed by atoms with Crippen LogP contribution in [-0.2, 0) is 10.0 Å². The van der Waals surface area contributed by atoms with E-state index in [1.54, 1.807) is 13.0 Å². The molecule has 1 saturated carbocycles. The second kappa shape index (κ2) is 6.45. The van der Waals surface area contributed by atoms with Crippen molar-refractivity contribution in [3.63, 3.8) is 0 Å². The molecule has 1 aromatic rings. The summed E-state index contributed by atoms with van der Waals surface area (Å²) >= 11 is 0. The van der Waals surface area contributed by atoms with Crippen LogP contribution in [0.25, 0.3) is 0 Å². The lowest BCUT2D eigenvalue weighted by Gasteiger charge is -2.14. The third-order valence-corrected chi connectivity index (χ3v) is 5.12. The first-order valence-electron chi connectivity index (χ1n) is 7.05. The van der Waals surface area contributed by atoms with Crippen molar-refractivity contribution in [2.75, 3.05) is 18.9 Å². The highest BCUT2D eigenvalue weighted by atomic mass is 32.2. The van der Waals surface area contributed by atoms with Crippen molar-refractivity contribution < 1.29 is 13.2 Å². The van der Waals surface area contributed by atoms with Gasteiger partial charge in [-0.2, -0.15) is 0 Å². The quantitative estimate of drug-likeness (QED) is 0.788. The number of anilines is 1. The molecular formula is C14H22N2O3S. The molecule has 0 radical (unpaired) electrons. The second-order valence-electron chi connectivity index (χ2n) is 5.16. The number of sulfonamides is 1. The Balaban J connectivity index is 2.11. The van der Waals surface area contributed by atoms with Crippen LogP contribution in [0.15, 0.2) is 23.1 Å². The molecule has 0 spiro atoms. The molecule has 3 N–H and O–H groups in total. The predicted octanol–water partition coefficient (Wildman–Crippen LogP) is 2.14. The summed E-state index contributed by atoms with van der Waals surface area (Å²) in [5.74, 6) is 1.01. The molecule has 1 aromatic carbocycles. The van der Waals surface area contributed by atoms with E-state index >= 15 is 0 Å². The highest BCUT2D eigenvalue weighted by Crippen LogP contribution is 2.29. The first-order valence-corrected chi connectivity index (χ1v) is 8.53. The van der Waals surface area contributed by atoms with Gasteiger partial charge >= 0.3 is 0 Å². The minimum Gasteiger partial charge on any atom is -0.491 e. The number of hydrogen-bond acceptors (Lipinski definition) is 4. The Morgan fingerprint density at radius 1 is 1.35 bits per heavy atom. The lowest BCUT2D eigenvalue weighted by atomic mass is 10.1. The van der Waals surface area contributed by atoms with Gasteiger partial charge in [-0.15, -0.1) is 0 Å². The minimum absolute atomic E-state index is 0.190. The molecule has 5 nitrogen and oxygen atoms in total. The Morgan fingerprint density at radius 2 is 2.05 bits per heavy atom. The number of ether oxygens (including phenoxy) is 1. The lowest BCUT2D eigenvalue weighted by molar-refractivity contribution is 0.253. The summed E-state index contributed by atoms with van der Waals surface area (Å²) in [5, 5.41) is 0. The van der Waals surface area contributed by atoms with Gasteiger partial charge in [-0.05, 0) is 30.9 Å². The van der Waals surface area contributed by atoms with E-state index in [9.17, 15) is 8.42 Å². The molecule has 6 heteroatoms. The van der Waals surface area contributed by atoms with E-state index in [4.69, 9.17) is 10.5 Å². The average molecular weight is 298 g/mol. The van der Waals surface area contributed by atoms with Gasteiger partial charge in [0.25, 0.3) is 0 Å². The maximum absolute atomic E-state index is 11.9. The third kappa shape index (κ3) is 3.64. The van der Waals surface area contributed by atoms with Crippen molar-refractivity contribution in [3.8, 4) is 5.75 Å². The van der Waals surface area contributed by atoms with Crippen LogP contribution in [0.3, 0.4) is 0 Å². The smallest absolute Gasteiger partial charge is 0.240 e. The van der Waals surface area contributed by atoms with Crippen molar-refractivity contribution in [2.45, 2.75) is 37.5 Å². The van der Waals surface area contributed by atoms with Gasteiger partial charge in [-0.1, -0.05) is 19.8 Å². The first kappa shape index (κ1) is 15.1. The van der Waals surface area contributed by atoms with E-state index < -0.39 is 10.0 Å². The van der Waals surface area contributed by atoms with Gasteiger partial charge < -0.3 is 10.5 Å². The molecule has 0 amide bonds. The van der Waals surface area contributed by atoms with E-state index in [1.165, 1.54) is 37.8 Å². The Morgan fingerprint density at radius 3 is 2.70 bits per heavy atom. The first-order chi connectivity index (χ1) is 9.53. The summed E-state index contributed by atoms with van der Waals surface area (Å²) in [5.41, 5.74) is 6.32. The highest BCUT2D eigenvalue weighted by Gasteiger charge is 2.18. The van der Waals surface area contributed by atoms with Gasteiger partial charge in [-0.25, -0.2) is 13.1 Å². The maximum Gasteiger partial charge on any atom is 0.240 e. The molecule has 112 valence electrons. The van der Waals surface area contributed by atoms with Gasteiger partial charge in [0.15, 0.2) is 0 Å². The zero-order valence-corrected chi connectivity index (χ0v) is 12.6. The van der Waals surface area contributed by atoms with Crippen LogP contribution >= 0.6 is 0 Å². The van der Waals surface area contributed by atoms with E-state index in [0.29, 0.717) is 30.5 Å². The molecule has 0 bridgehead atoms. The van der Waals surface area contributed by atoms with Gasteiger partial charge in [0.05, 0.1) is 17.2 Å². The van der Waals surface area contributed by atoms with Crippen LogP contribution < -0.4 is 15.2 Å². The van der Waals surface area contributed by atoms with Gasteiger partial charge in [0.1, 0.15) is 5.75 Å².